The van der Waals surface area contributed by atoms with E-state index in [-0.39, 0.29) is 36.0 Å². The molecule has 0 aliphatic heterocycles. The molecule has 0 bridgehead atoms. The molecular formula is C22H23ClN4O6S2. The third-order valence-corrected chi connectivity index (χ3v) is 7.78. The summed E-state index contributed by atoms with van der Waals surface area (Å²) in [5.41, 5.74) is 1.37. The van der Waals surface area contributed by atoms with Crippen LogP contribution in [0.15, 0.2) is 48.2 Å². The predicted octanol–water partition coefficient (Wildman–Crippen LogP) is 2.29. The van der Waals surface area contributed by atoms with E-state index >= 15 is 0 Å². The topological polar surface area (TPSA) is 151 Å². The molecule has 0 amide bonds. The van der Waals surface area contributed by atoms with Gasteiger partial charge in [0, 0.05) is 24.3 Å². The van der Waals surface area contributed by atoms with E-state index in [0.717, 1.165) is 0 Å². The molecule has 1 aliphatic rings. The van der Waals surface area contributed by atoms with E-state index in [1.54, 1.807) is 35.7 Å². The Morgan fingerprint density at radius 2 is 2.09 bits per heavy atom. The highest BCUT2D eigenvalue weighted by molar-refractivity contribution is 7.84. The zero-order valence-electron chi connectivity index (χ0n) is 18.5. The van der Waals surface area contributed by atoms with Crippen LogP contribution in [0.25, 0.3) is 0 Å². The molecule has 1 fully saturated rings. The summed E-state index contributed by atoms with van der Waals surface area (Å²) in [5.74, 6) is -0.0867. The van der Waals surface area contributed by atoms with Crippen LogP contribution in [0.1, 0.15) is 45.3 Å². The molecule has 0 spiro atoms. The summed E-state index contributed by atoms with van der Waals surface area (Å²) in [4.78, 5) is 21.8. The summed E-state index contributed by atoms with van der Waals surface area (Å²) in [5, 5.41) is 26.2. The van der Waals surface area contributed by atoms with Crippen molar-refractivity contribution >= 4 is 44.8 Å². The van der Waals surface area contributed by atoms with E-state index in [1.165, 1.54) is 30.9 Å². The Hall–Kier alpha value is -2.45. The van der Waals surface area contributed by atoms with Crippen molar-refractivity contribution in [3.8, 4) is 0 Å². The minimum absolute atomic E-state index is 0.189. The standard InChI is InChI=1S/C22H23ClN4O6S2/c1-24-35(31,32)33-18-8-15(7-17(18)28)27-22-16(9-25-11-26-22)21(30)19-6-13(10-34-19)20(29)12-3-2-4-14(23)5-12/h2-6,9-11,15,17-18,20,24,28-29H,7-8H2,1H3,(H,25,26,27)/t15-,17+,18-,20+/m1/s1. The zero-order chi connectivity index (χ0) is 25.2. The van der Waals surface area contributed by atoms with Gasteiger partial charge in [-0.2, -0.15) is 13.1 Å². The van der Waals surface area contributed by atoms with Gasteiger partial charge in [-0.3, -0.25) is 8.98 Å². The summed E-state index contributed by atoms with van der Waals surface area (Å²) in [6, 6.07) is 8.09. The van der Waals surface area contributed by atoms with E-state index in [4.69, 9.17) is 15.8 Å². The molecule has 1 saturated carbocycles. The lowest BCUT2D eigenvalue weighted by molar-refractivity contribution is 0.0636. The molecule has 3 aromatic rings. The van der Waals surface area contributed by atoms with Gasteiger partial charge in [-0.15, -0.1) is 11.3 Å². The molecule has 0 radical (unpaired) electrons. The van der Waals surface area contributed by atoms with Crippen molar-refractivity contribution in [1.82, 2.24) is 14.7 Å². The lowest BCUT2D eigenvalue weighted by atomic mass is 10.0. The molecule has 13 heteroatoms. The number of aliphatic hydroxyl groups is 2. The molecule has 35 heavy (non-hydrogen) atoms. The highest BCUT2D eigenvalue weighted by Gasteiger charge is 2.37. The number of aromatic nitrogens is 2. The van der Waals surface area contributed by atoms with Gasteiger partial charge in [-0.1, -0.05) is 23.7 Å². The number of ketones is 1. The quantitative estimate of drug-likeness (QED) is 0.301. The van der Waals surface area contributed by atoms with Gasteiger partial charge in [0.05, 0.1) is 16.5 Å². The highest BCUT2D eigenvalue weighted by atomic mass is 35.5. The second kappa shape index (κ2) is 10.7. The monoisotopic (exact) mass is 538 g/mol. The second-order valence-corrected chi connectivity index (χ2v) is 10.8. The first-order valence-corrected chi connectivity index (χ1v) is 13.3. The third kappa shape index (κ3) is 6.04. The average Bonchev–Trinajstić information content (AvgIpc) is 3.45. The maximum absolute atomic E-state index is 13.2. The number of hydrogen-bond donors (Lipinski definition) is 4. The van der Waals surface area contributed by atoms with Crippen molar-refractivity contribution < 1.29 is 27.6 Å². The summed E-state index contributed by atoms with van der Waals surface area (Å²) in [6.45, 7) is 0. The average molecular weight is 539 g/mol. The van der Waals surface area contributed by atoms with Gasteiger partial charge < -0.3 is 15.5 Å². The Balaban J connectivity index is 1.49. The second-order valence-electron chi connectivity index (χ2n) is 7.99. The van der Waals surface area contributed by atoms with Gasteiger partial charge in [0.15, 0.2) is 0 Å². The van der Waals surface area contributed by atoms with Crippen LogP contribution in [0.3, 0.4) is 0 Å². The number of carbonyl (C=O) groups is 1. The van der Waals surface area contributed by atoms with Gasteiger partial charge in [0.1, 0.15) is 24.4 Å². The van der Waals surface area contributed by atoms with Crippen molar-refractivity contribution in [3.05, 3.63) is 74.8 Å². The predicted molar refractivity (Wildman–Crippen MR) is 131 cm³/mol. The number of carbonyl (C=O) groups excluding carboxylic acids is 1. The summed E-state index contributed by atoms with van der Waals surface area (Å²) < 4.78 is 30.4. The van der Waals surface area contributed by atoms with Crippen molar-refractivity contribution in [2.45, 2.75) is 37.2 Å². The highest BCUT2D eigenvalue weighted by Crippen LogP contribution is 2.31. The molecule has 2 aromatic heterocycles. The van der Waals surface area contributed by atoms with Gasteiger partial charge >= 0.3 is 10.3 Å². The van der Waals surface area contributed by atoms with Crippen molar-refractivity contribution in [2.24, 2.45) is 0 Å². The number of rotatable bonds is 9. The molecule has 4 N–H and O–H groups in total. The maximum atomic E-state index is 13.2. The lowest BCUT2D eigenvalue weighted by Gasteiger charge is -2.15. The van der Waals surface area contributed by atoms with Crippen LogP contribution in [-0.4, -0.2) is 59.7 Å². The molecule has 10 nitrogen and oxygen atoms in total. The molecule has 4 rings (SSSR count). The summed E-state index contributed by atoms with van der Waals surface area (Å²) in [6.07, 6.45) is 0.179. The summed E-state index contributed by atoms with van der Waals surface area (Å²) in [7, 11) is -2.74. The number of benzene rings is 1. The minimum atomic E-state index is -3.96. The van der Waals surface area contributed by atoms with Crippen LogP contribution in [0, 0.1) is 0 Å². The van der Waals surface area contributed by atoms with Crippen LogP contribution < -0.4 is 10.0 Å². The van der Waals surface area contributed by atoms with Crippen molar-refractivity contribution in [3.63, 3.8) is 0 Å². The number of nitrogens with zero attached hydrogens (tertiary/aromatic N) is 2. The van der Waals surface area contributed by atoms with E-state index in [9.17, 15) is 23.4 Å². The first-order valence-electron chi connectivity index (χ1n) is 10.6. The lowest BCUT2D eigenvalue weighted by Crippen LogP contribution is -2.31. The van der Waals surface area contributed by atoms with Gasteiger partial charge in [0.2, 0.25) is 5.78 Å². The van der Waals surface area contributed by atoms with Crippen LogP contribution >= 0.6 is 22.9 Å². The summed E-state index contributed by atoms with van der Waals surface area (Å²) >= 11 is 7.20. The largest absolute Gasteiger partial charge is 0.390 e. The number of anilines is 1. The fourth-order valence-electron chi connectivity index (χ4n) is 3.83. The van der Waals surface area contributed by atoms with Crippen LogP contribution in [0.4, 0.5) is 5.82 Å². The van der Waals surface area contributed by atoms with Gasteiger partial charge in [0.25, 0.3) is 0 Å². The molecule has 2 heterocycles. The fraction of sp³-hybridized carbons (Fsp3) is 0.318. The van der Waals surface area contributed by atoms with Gasteiger partial charge in [-0.05, 0) is 47.5 Å². The van der Waals surface area contributed by atoms with E-state index < -0.39 is 28.6 Å². The first kappa shape index (κ1) is 25.6. The van der Waals surface area contributed by atoms with Crippen LogP contribution in [-0.2, 0) is 14.5 Å². The molecule has 0 saturated heterocycles. The number of nitrogens with one attached hydrogen (secondary N) is 2. The zero-order valence-corrected chi connectivity index (χ0v) is 20.8. The smallest absolute Gasteiger partial charge is 0.335 e. The molecular weight excluding hydrogens is 516 g/mol. The Bertz CT molecular complexity index is 1320. The number of hydrogen-bond acceptors (Lipinski definition) is 10. The molecule has 1 aromatic carbocycles. The van der Waals surface area contributed by atoms with Crippen LogP contribution in [0.5, 0.6) is 0 Å². The van der Waals surface area contributed by atoms with Crippen molar-refractivity contribution in [2.75, 3.05) is 12.4 Å². The Kier molecular flexibility index (Phi) is 7.81. The first-order chi connectivity index (χ1) is 16.7. The Morgan fingerprint density at radius 1 is 1.29 bits per heavy atom. The molecule has 0 unspecified atom stereocenters. The molecule has 186 valence electrons. The van der Waals surface area contributed by atoms with E-state index in [1.807, 2.05) is 4.72 Å². The maximum Gasteiger partial charge on any atom is 0.335 e. The Labute approximate surface area is 211 Å². The number of thiophene rings is 1. The Morgan fingerprint density at radius 3 is 2.83 bits per heavy atom. The normalized spacial score (nSPS) is 21.1. The number of aliphatic hydroxyl groups excluding tert-OH is 2. The molecule has 1 aliphatic carbocycles. The van der Waals surface area contributed by atoms with E-state index in [0.29, 0.717) is 21.0 Å². The molecule has 4 atom stereocenters. The van der Waals surface area contributed by atoms with Crippen molar-refractivity contribution in [1.29, 1.82) is 0 Å². The minimum Gasteiger partial charge on any atom is -0.390 e. The van der Waals surface area contributed by atoms with Crippen LogP contribution in [0.2, 0.25) is 5.02 Å². The fourth-order valence-corrected chi connectivity index (χ4v) is 5.54. The van der Waals surface area contributed by atoms with Gasteiger partial charge in [-0.25, -0.2) is 9.97 Å². The number of halogens is 1. The van der Waals surface area contributed by atoms with E-state index in [2.05, 4.69) is 15.3 Å². The SMILES string of the molecule is CNS(=O)(=O)O[C@@H]1C[C@H](Nc2ncncc2C(=O)c2cc([C@@H](O)c3cccc(Cl)c3)cs2)C[C@@H]1O. The third-order valence-electron chi connectivity index (χ3n) is 5.59.